The van der Waals surface area contributed by atoms with Crippen molar-refractivity contribution in [1.29, 1.82) is 0 Å². The lowest BCUT2D eigenvalue weighted by atomic mass is 10.2. The summed E-state index contributed by atoms with van der Waals surface area (Å²) in [5.41, 5.74) is 2.38. The molecule has 0 aliphatic rings. The Morgan fingerprint density at radius 2 is 2.00 bits per heavy atom. The highest BCUT2D eigenvalue weighted by Gasteiger charge is 2.10. The minimum Gasteiger partial charge on any atom is -0.491 e. The van der Waals surface area contributed by atoms with Gasteiger partial charge in [0.1, 0.15) is 18.5 Å². The Balaban J connectivity index is 1.87. The van der Waals surface area contributed by atoms with Gasteiger partial charge in [-0.2, -0.15) is 11.3 Å². The number of nitrogens with one attached hydrogen (secondary N) is 1. The minimum atomic E-state index is -0.536. The molecule has 23 heavy (non-hydrogen) atoms. The predicted molar refractivity (Wildman–Crippen MR) is 93.5 cm³/mol. The topological polar surface area (TPSA) is 61.8 Å². The monoisotopic (exact) mass is 334 g/mol. The fraction of sp³-hybridized carbons (Fsp3) is 0.353. The van der Waals surface area contributed by atoms with Gasteiger partial charge in [0, 0.05) is 17.6 Å². The summed E-state index contributed by atoms with van der Waals surface area (Å²) in [6.45, 7) is 2.70. The third-order valence-corrected chi connectivity index (χ3v) is 4.09. The molecule has 0 aliphatic carbocycles. The van der Waals surface area contributed by atoms with Crippen LogP contribution in [0.2, 0.25) is 0 Å². The van der Waals surface area contributed by atoms with Crippen molar-refractivity contribution in [2.24, 2.45) is 0 Å². The number of carbonyl (C=O) groups is 1. The first-order valence-electron chi connectivity index (χ1n) is 7.35. The summed E-state index contributed by atoms with van der Waals surface area (Å²) in [7, 11) is 3.80. The molecule has 6 heteroatoms. The van der Waals surface area contributed by atoms with E-state index < -0.39 is 6.10 Å². The van der Waals surface area contributed by atoms with Crippen LogP contribution in [0.1, 0.15) is 15.9 Å². The standard InChI is InChI=1S/C17H22N2O3S/c1-12-10-23-11-16(12)17(21)18-13-4-6-15(7-5-13)22-9-14(20)8-19(2)3/h4-7,10-11,14,20H,8-9H2,1-3H3,(H,18,21)/t14-/m1/s1. The molecular formula is C17H22N2O3S. The average molecular weight is 334 g/mol. The van der Waals surface area contributed by atoms with Crippen molar-refractivity contribution in [1.82, 2.24) is 4.90 Å². The average Bonchev–Trinajstić information content (AvgIpc) is 2.92. The van der Waals surface area contributed by atoms with E-state index in [1.807, 2.05) is 36.7 Å². The fourth-order valence-electron chi connectivity index (χ4n) is 2.09. The number of hydrogen-bond donors (Lipinski definition) is 2. The Morgan fingerprint density at radius 3 is 2.57 bits per heavy atom. The molecule has 0 saturated heterocycles. The van der Waals surface area contributed by atoms with Crippen molar-refractivity contribution in [2.75, 3.05) is 32.6 Å². The van der Waals surface area contributed by atoms with Crippen molar-refractivity contribution < 1.29 is 14.6 Å². The molecule has 124 valence electrons. The molecule has 1 aromatic heterocycles. The summed E-state index contributed by atoms with van der Waals surface area (Å²) in [4.78, 5) is 14.0. The first-order valence-corrected chi connectivity index (χ1v) is 8.30. The number of ether oxygens (including phenoxy) is 1. The Labute approximate surface area is 140 Å². The van der Waals surface area contributed by atoms with E-state index in [2.05, 4.69) is 5.32 Å². The third kappa shape index (κ3) is 5.35. The first kappa shape index (κ1) is 17.5. The lowest BCUT2D eigenvalue weighted by Gasteiger charge is -2.16. The Bertz CT molecular complexity index is 638. The normalized spacial score (nSPS) is 12.2. The summed E-state index contributed by atoms with van der Waals surface area (Å²) in [6, 6.07) is 7.12. The largest absolute Gasteiger partial charge is 0.491 e. The van der Waals surface area contributed by atoms with Crippen LogP contribution in [-0.2, 0) is 0 Å². The second-order valence-corrected chi connectivity index (χ2v) is 6.42. The van der Waals surface area contributed by atoms with Gasteiger partial charge in [-0.05, 0) is 56.2 Å². The van der Waals surface area contributed by atoms with E-state index in [1.165, 1.54) is 11.3 Å². The Kier molecular flexibility index (Phi) is 6.15. The number of rotatable bonds is 7. The molecule has 0 bridgehead atoms. The SMILES string of the molecule is Cc1cscc1C(=O)Nc1ccc(OC[C@H](O)CN(C)C)cc1. The molecule has 0 fully saturated rings. The number of aryl methyl sites for hydroxylation is 1. The zero-order valence-corrected chi connectivity index (χ0v) is 14.4. The van der Waals surface area contributed by atoms with Gasteiger partial charge in [0.15, 0.2) is 0 Å². The van der Waals surface area contributed by atoms with E-state index in [4.69, 9.17) is 4.74 Å². The van der Waals surface area contributed by atoms with Crippen LogP contribution in [0.15, 0.2) is 35.0 Å². The molecule has 5 nitrogen and oxygen atoms in total. The van der Waals surface area contributed by atoms with E-state index in [9.17, 15) is 9.90 Å². The summed E-state index contributed by atoms with van der Waals surface area (Å²) < 4.78 is 5.53. The van der Waals surface area contributed by atoms with Crippen LogP contribution < -0.4 is 10.1 Å². The number of aliphatic hydroxyl groups excluding tert-OH is 1. The molecule has 1 aromatic carbocycles. The molecule has 0 aliphatic heterocycles. The molecule has 0 saturated carbocycles. The van der Waals surface area contributed by atoms with E-state index in [0.29, 0.717) is 23.5 Å². The number of thiophene rings is 1. The maximum atomic E-state index is 12.1. The van der Waals surface area contributed by atoms with Crippen LogP contribution >= 0.6 is 11.3 Å². The number of aliphatic hydroxyl groups is 1. The molecule has 2 rings (SSSR count). The van der Waals surface area contributed by atoms with Gasteiger partial charge in [0.2, 0.25) is 0 Å². The third-order valence-electron chi connectivity index (χ3n) is 3.23. The number of nitrogens with zero attached hydrogens (tertiary/aromatic N) is 1. The maximum Gasteiger partial charge on any atom is 0.256 e. The van der Waals surface area contributed by atoms with Crippen molar-refractivity contribution in [3.05, 3.63) is 46.2 Å². The van der Waals surface area contributed by atoms with Gasteiger partial charge >= 0.3 is 0 Å². The van der Waals surface area contributed by atoms with Crippen molar-refractivity contribution in [2.45, 2.75) is 13.0 Å². The van der Waals surface area contributed by atoms with Gasteiger partial charge < -0.3 is 20.1 Å². The molecule has 0 radical (unpaired) electrons. The van der Waals surface area contributed by atoms with Crippen LogP contribution in [0.3, 0.4) is 0 Å². The number of benzene rings is 1. The molecule has 1 amide bonds. The smallest absolute Gasteiger partial charge is 0.256 e. The number of carbonyl (C=O) groups excluding carboxylic acids is 1. The van der Waals surface area contributed by atoms with Crippen LogP contribution in [0.5, 0.6) is 5.75 Å². The highest BCUT2D eigenvalue weighted by molar-refractivity contribution is 7.08. The van der Waals surface area contributed by atoms with Crippen LogP contribution in [0, 0.1) is 6.92 Å². The zero-order valence-electron chi connectivity index (χ0n) is 13.6. The van der Waals surface area contributed by atoms with Crippen molar-refractivity contribution in [3.8, 4) is 5.75 Å². The molecule has 1 heterocycles. The van der Waals surface area contributed by atoms with Crippen LogP contribution in [-0.4, -0.2) is 49.3 Å². The summed E-state index contributed by atoms with van der Waals surface area (Å²) in [5, 5.41) is 16.4. The van der Waals surface area contributed by atoms with Gasteiger partial charge in [-0.25, -0.2) is 0 Å². The molecule has 1 atom stereocenters. The fourth-order valence-corrected chi connectivity index (χ4v) is 2.92. The van der Waals surface area contributed by atoms with Crippen LogP contribution in [0.4, 0.5) is 5.69 Å². The second kappa shape index (κ2) is 8.10. The lowest BCUT2D eigenvalue weighted by molar-refractivity contribution is 0.0831. The Hall–Kier alpha value is -1.89. The summed E-state index contributed by atoms with van der Waals surface area (Å²) in [5.74, 6) is 0.548. The van der Waals surface area contributed by atoms with Gasteiger partial charge in [-0.3, -0.25) is 4.79 Å². The number of hydrogen-bond acceptors (Lipinski definition) is 5. The van der Waals surface area contributed by atoms with Gasteiger partial charge in [-0.15, -0.1) is 0 Å². The predicted octanol–water partition coefficient (Wildman–Crippen LogP) is 2.61. The minimum absolute atomic E-state index is 0.112. The van der Waals surface area contributed by atoms with Gasteiger partial charge in [-0.1, -0.05) is 0 Å². The maximum absolute atomic E-state index is 12.1. The van der Waals surface area contributed by atoms with Gasteiger partial charge in [0.05, 0.1) is 5.56 Å². The number of amides is 1. The highest BCUT2D eigenvalue weighted by Crippen LogP contribution is 2.19. The van der Waals surface area contributed by atoms with Crippen molar-refractivity contribution in [3.63, 3.8) is 0 Å². The molecule has 0 spiro atoms. The quantitative estimate of drug-likeness (QED) is 0.817. The second-order valence-electron chi connectivity index (χ2n) is 5.67. The number of likely N-dealkylation sites (N-methyl/N-ethyl adjacent to an activating group) is 1. The zero-order chi connectivity index (χ0) is 16.8. The van der Waals surface area contributed by atoms with Crippen LogP contribution in [0.25, 0.3) is 0 Å². The summed E-state index contributed by atoms with van der Waals surface area (Å²) in [6.07, 6.45) is -0.536. The van der Waals surface area contributed by atoms with E-state index in [1.54, 1.807) is 24.3 Å². The lowest BCUT2D eigenvalue weighted by Crippen LogP contribution is -2.30. The first-order chi connectivity index (χ1) is 11.0. The van der Waals surface area contributed by atoms with E-state index in [-0.39, 0.29) is 12.5 Å². The van der Waals surface area contributed by atoms with E-state index >= 15 is 0 Å². The van der Waals surface area contributed by atoms with E-state index in [0.717, 1.165) is 5.56 Å². The molecule has 0 unspecified atom stereocenters. The van der Waals surface area contributed by atoms with Crippen molar-refractivity contribution >= 4 is 22.9 Å². The molecule has 2 N–H and O–H groups in total. The number of anilines is 1. The highest BCUT2D eigenvalue weighted by atomic mass is 32.1. The van der Waals surface area contributed by atoms with Gasteiger partial charge in [0.25, 0.3) is 5.91 Å². The molecular weight excluding hydrogens is 312 g/mol. The summed E-state index contributed by atoms with van der Waals surface area (Å²) >= 11 is 1.51. The Morgan fingerprint density at radius 1 is 1.30 bits per heavy atom. The molecule has 2 aromatic rings.